The standard InChI is InChI=1S/C13H16N4/c14-8-10-4-3-7-13(16-10)17-9-15-11-5-1-2-6-12(11)17/h3-4,7,9H,1-2,5-6,8,14H2. The normalized spacial score (nSPS) is 14.6. The maximum atomic E-state index is 5.62. The van der Waals surface area contributed by atoms with Crippen LogP contribution in [0.25, 0.3) is 5.82 Å². The highest BCUT2D eigenvalue weighted by atomic mass is 15.1. The van der Waals surface area contributed by atoms with Crippen LogP contribution in [-0.4, -0.2) is 14.5 Å². The summed E-state index contributed by atoms with van der Waals surface area (Å²) in [5, 5.41) is 0. The molecule has 17 heavy (non-hydrogen) atoms. The van der Waals surface area contributed by atoms with Crippen LogP contribution >= 0.6 is 0 Å². The predicted molar refractivity (Wildman–Crippen MR) is 65.9 cm³/mol. The Hall–Kier alpha value is -1.68. The largest absolute Gasteiger partial charge is 0.325 e. The van der Waals surface area contributed by atoms with Gasteiger partial charge in [0.1, 0.15) is 12.1 Å². The summed E-state index contributed by atoms with van der Waals surface area (Å²) in [6, 6.07) is 5.96. The van der Waals surface area contributed by atoms with E-state index in [1.807, 2.05) is 24.5 Å². The van der Waals surface area contributed by atoms with Crippen LogP contribution in [-0.2, 0) is 19.4 Å². The van der Waals surface area contributed by atoms with Crippen LogP contribution in [0.3, 0.4) is 0 Å². The van der Waals surface area contributed by atoms with E-state index < -0.39 is 0 Å². The van der Waals surface area contributed by atoms with Gasteiger partial charge in [0.25, 0.3) is 0 Å². The summed E-state index contributed by atoms with van der Waals surface area (Å²) in [4.78, 5) is 9.02. The monoisotopic (exact) mass is 228 g/mol. The molecule has 4 heteroatoms. The van der Waals surface area contributed by atoms with E-state index in [1.165, 1.54) is 24.2 Å². The minimum atomic E-state index is 0.477. The summed E-state index contributed by atoms with van der Waals surface area (Å²) in [7, 11) is 0. The molecule has 3 rings (SSSR count). The van der Waals surface area contributed by atoms with Gasteiger partial charge in [0.2, 0.25) is 0 Å². The first kappa shape index (κ1) is 10.5. The van der Waals surface area contributed by atoms with Crippen LogP contribution in [0, 0.1) is 0 Å². The van der Waals surface area contributed by atoms with Crippen molar-refractivity contribution in [2.24, 2.45) is 5.73 Å². The number of rotatable bonds is 2. The van der Waals surface area contributed by atoms with E-state index >= 15 is 0 Å². The highest BCUT2D eigenvalue weighted by Gasteiger charge is 2.16. The molecule has 0 aromatic carbocycles. The predicted octanol–water partition coefficient (Wildman–Crippen LogP) is 1.60. The Balaban J connectivity index is 2.05. The number of pyridine rings is 1. The van der Waals surface area contributed by atoms with Crippen molar-refractivity contribution in [3.63, 3.8) is 0 Å². The number of aromatic nitrogens is 3. The van der Waals surface area contributed by atoms with E-state index in [4.69, 9.17) is 5.73 Å². The van der Waals surface area contributed by atoms with E-state index in [9.17, 15) is 0 Å². The molecule has 2 aromatic heterocycles. The number of aryl methyl sites for hydroxylation is 1. The number of hydrogen-bond donors (Lipinski definition) is 1. The fraction of sp³-hybridized carbons (Fsp3) is 0.385. The fourth-order valence-electron chi connectivity index (χ4n) is 2.38. The zero-order valence-corrected chi connectivity index (χ0v) is 9.76. The quantitative estimate of drug-likeness (QED) is 0.849. The van der Waals surface area contributed by atoms with Gasteiger partial charge in [-0.2, -0.15) is 0 Å². The third-order valence-corrected chi connectivity index (χ3v) is 3.28. The number of fused-ring (bicyclic) bond motifs is 1. The molecule has 0 saturated heterocycles. The molecule has 0 radical (unpaired) electrons. The van der Waals surface area contributed by atoms with Gasteiger partial charge in [0.05, 0.1) is 11.4 Å². The molecular formula is C13H16N4. The van der Waals surface area contributed by atoms with Gasteiger partial charge in [-0.25, -0.2) is 9.97 Å². The van der Waals surface area contributed by atoms with Crippen molar-refractivity contribution in [1.82, 2.24) is 14.5 Å². The molecular weight excluding hydrogens is 212 g/mol. The zero-order chi connectivity index (χ0) is 11.7. The zero-order valence-electron chi connectivity index (χ0n) is 9.76. The molecule has 2 aromatic rings. The van der Waals surface area contributed by atoms with Crippen LogP contribution in [0.1, 0.15) is 29.9 Å². The second-order valence-corrected chi connectivity index (χ2v) is 4.41. The fourth-order valence-corrected chi connectivity index (χ4v) is 2.38. The van der Waals surface area contributed by atoms with Crippen molar-refractivity contribution in [2.75, 3.05) is 0 Å². The minimum Gasteiger partial charge on any atom is -0.325 e. The smallest absolute Gasteiger partial charge is 0.138 e. The second kappa shape index (κ2) is 4.30. The summed E-state index contributed by atoms with van der Waals surface area (Å²) < 4.78 is 2.10. The number of nitrogens with two attached hydrogens (primary N) is 1. The van der Waals surface area contributed by atoms with E-state index in [2.05, 4.69) is 14.5 Å². The van der Waals surface area contributed by atoms with Gasteiger partial charge in [-0.1, -0.05) is 6.07 Å². The van der Waals surface area contributed by atoms with Crippen molar-refractivity contribution >= 4 is 0 Å². The first-order chi connectivity index (χ1) is 8.38. The topological polar surface area (TPSA) is 56.7 Å². The van der Waals surface area contributed by atoms with Crippen LogP contribution < -0.4 is 5.73 Å². The Kier molecular flexibility index (Phi) is 2.65. The molecule has 0 amide bonds. The molecule has 0 bridgehead atoms. The third-order valence-electron chi connectivity index (χ3n) is 3.28. The van der Waals surface area contributed by atoms with Crippen LogP contribution in [0.4, 0.5) is 0 Å². The molecule has 4 nitrogen and oxygen atoms in total. The van der Waals surface area contributed by atoms with Gasteiger partial charge < -0.3 is 5.73 Å². The maximum absolute atomic E-state index is 5.62. The summed E-state index contributed by atoms with van der Waals surface area (Å²) in [6.07, 6.45) is 6.58. The molecule has 0 atom stereocenters. The van der Waals surface area contributed by atoms with E-state index in [0.29, 0.717) is 6.54 Å². The van der Waals surface area contributed by atoms with Gasteiger partial charge in [-0.15, -0.1) is 0 Å². The summed E-state index contributed by atoms with van der Waals surface area (Å²) in [5.41, 5.74) is 9.09. The summed E-state index contributed by atoms with van der Waals surface area (Å²) in [6.45, 7) is 0.477. The van der Waals surface area contributed by atoms with E-state index in [0.717, 1.165) is 24.4 Å². The molecule has 0 saturated carbocycles. The summed E-state index contributed by atoms with van der Waals surface area (Å²) >= 11 is 0. The Morgan fingerprint density at radius 1 is 1.24 bits per heavy atom. The number of hydrogen-bond acceptors (Lipinski definition) is 3. The molecule has 0 spiro atoms. The van der Waals surface area contributed by atoms with Gasteiger partial charge in [-0.05, 0) is 37.8 Å². The van der Waals surface area contributed by atoms with Crippen LogP contribution in [0.15, 0.2) is 24.5 Å². The van der Waals surface area contributed by atoms with Crippen LogP contribution in [0.2, 0.25) is 0 Å². The highest BCUT2D eigenvalue weighted by molar-refractivity contribution is 5.31. The van der Waals surface area contributed by atoms with E-state index in [1.54, 1.807) is 0 Å². The lowest BCUT2D eigenvalue weighted by Gasteiger charge is -2.13. The SMILES string of the molecule is NCc1cccc(-n2cnc3c2CCCC3)n1. The Morgan fingerprint density at radius 2 is 2.12 bits per heavy atom. The lowest BCUT2D eigenvalue weighted by Crippen LogP contribution is -2.09. The van der Waals surface area contributed by atoms with Crippen LogP contribution in [0.5, 0.6) is 0 Å². The first-order valence-corrected chi connectivity index (χ1v) is 6.10. The lowest BCUT2D eigenvalue weighted by molar-refractivity contribution is 0.653. The van der Waals surface area contributed by atoms with Gasteiger partial charge in [0.15, 0.2) is 0 Å². The molecule has 88 valence electrons. The van der Waals surface area contributed by atoms with Gasteiger partial charge in [-0.3, -0.25) is 4.57 Å². The van der Waals surface area contributed by atoms with Crippen molar-refractivity contribution in [2.45, 2.75) is 32.2 Å². The van der Waals surface area contributed by atoms with Gasteiger partial charge in [0, 0.05) is 12.2 Å². The lowest BCUT2D eigenvalue weighted by atomic mass is 10.0. The Bertz CT molecular complexity index is 530. The number of imidazole rings is 1. The molecule has 1 aliphatic carbocycles. The average Bonchev–Trinajstić information content (AvgIpc) is 2.82. The number of nitrogens with zero attached hydrogens (tertiary/aromatic N) is 3. The molecule has 0 unspecified atom stereocenters. The molecule has 0 aliphatic heterocycles. The van der Waals surface area contributed by atoms with Crippen molar-refractivity contribution in [1.29, 1.82) is 0 Å². The van der Waals surface area contributed by atoms with E-state index in [-0.39, 0.29) is 0 Å². The summed E-state index contributed by atoms with van der Waals surface area (Å²) in [5.74, 6) is 0.934. The maximum Gasteiger partial charge on any atom is 0.138 e. The average molecular weight is 228 g/mol. The molecule has 2 heterocycles. The van der Waals surface area contributed by atoms with Crippen molar-refractivity contribution < 1.29 is 0 Å². The molecule has 2 N–H and O–H groups in total. The van der Waals surface area contributed by atoms with Gasteiger partial charge >= 0.3 is 0 Å². The highest BCUT2D eigenvalue weighted by Crippen LogP contribution is 2.22. The third kappa shape index (κ3) is 1.85. The Labute approximate surface area is 101 Å². The van der Waals surface area contributed by atoms with Crippen molar-refractivity contribution in [3.8, 4) is 5.82 Å². The molecule has 1 aliphatic rings. The second-order valence-electron chi connectivity index (χ2n) is 4.41. The Morgan fingerprint density at radius 3 is 3.00 bits per heavy atom. The first-order valence-electron chi connectivity index (χ1n) is 6.10. The molecule has 0 fully saturated rings. The minimum absolute atomic E-state index is 0.477. The van der Waals surface area contributed by atoms with Crippen molar-refractivity contribution in [3.05, 3.63) is 41.6 Å².